The number of rotatable bonds is 9. The number of benzene rings is 2. The van der Waals surface area contributed by atoms with Gasteiger partial charge in [0.05, 0.1) is 6.61 Å². The monoisotopic (exact) mass is 680 g/mol. The average Bonchev–Trinajstić information content (AvgIpc) is 3.67. The van der Waals surface area contributed by atoms with Crippen LogP contribution in [0.5, 0.6) is 0 Å². The van der Waals surface area contributed by atoms with E-state index in [9.17, 15) is 0 Å². The molecule has 0 radical (unpaired) electrons. The first-order valence-corrected chi connectivity index (χ1v) is 21.6. The molecule has 3 nitrogen and oxygen atoms in total. The highest BCUT2D eigenvalue weighted by Gasteiger charge is 2.33. The Morgan fingerprint density at radius 1 is 0.702 bits per heavy atom. The van der Waals surface area contributed by atoms with Crippen LogP contribution < -0.4 is 4.52 Å². The molecule has 0 N–H and O–H groups in total. The minimum Gasteiger partial charge on any atom is -0.399 e. The molecule has 262 valence electrons. The molecule has 0 bridgehead atoms. The maximum absolute atomic E-state index is 6.97. The van der Waals surface area contributed by atoms with Crippen LogP contribution in [0.15, 0.2) is 32.7 Å². The van der Waals surface area contributed by atoms with Crippen LogP contribution in [0.2, 0.25) is 0 Å². The summed E-state index contributed by atoms with van der Waals surface area (Å²) in [5.41, 5.74) is 8.95. The zero-order valence-corrected chi connectivity index (χ0v) is 33.8. The Bertz CT molecular complexity index is 1540. The molecule has 1 heterocycles. The first-order chi connectivity index (χ1) is 21.9. The van der Waals surface area contributed by atoms with Crippen molar-refractivity contribution >= 4 is 38.1 Å². The van der Waals surface area contributed by atoms with E-state index in [1.165, 1.54) is 79.8 Å². The van der Waals surface area contributed by atoms with Crippen molar-refractivity contribution in [1.29, 1.82) is 0 Å². The van der Waals surface area contributed by atoms with Crippen LogP contribution in [0.1, 0.15) is 169 Å². The van der Waals surface area contributed by atoms with Gasteiger partial charge in [-0.3, -0.25) is 4.52 Å². The molecule has 2 aliphatic carbocycles. The van der Waals surface area contributed by atoms with E-state index in [1.807, 2.05) is 0 Å². The highest BCUT2D eigenvalue weighted by molar-refractivity contribution is 7.59. The fraction of sp³-hybridized carbons (Fsp3) is 0.714. The molecule has 2 fully saturated rings. The summed E-state index contributed by atoms with van der Waals surface area (Å²) >= 11 is 0. The molecular weight excluding hydrogens is 614 g/mol. The van der Waals surface area contributed by atoms with Crippen LogP contribution in [-0.4, -0.2) is 24.1 Å². The van der Waals surface area contributed by atoms with Gasteiger partial charge in [-0.15, -0.1) is 7.92 Å². The SMILES string of the molecule is CC(CCOp1oc2c(C(C)C)cc(C(C)(C)C)cc2c2cc(C(C)(C)C)cc(C(C)(C)C)c2o1)CP(C1CCCC1)C1CCCC1. The molecule has 0 aliphatic heterocycles. The van der Waals surface area contributed by atoms with Gasteiger partial charge in [-0.25, -0.2) is 0 Å². The van der Waals surface area contributed by atoms with Crippen molar-refractivity contribution in [1.82, 2.24) is 0 Å². The van der Waals surface area contributed by atoms with Crippen molar-refractivity contribution in [2.75, 3.05) is 12.8 Å². The van der Waals surface area contributed by atoms with Crippen molar-refractivity contribution in [3.8, 4) is 0 Å². The van der Waals surface area contributed by atoms with E-state index in [-0.39, 0.29) is 24.2 Å². The molecule has 0 spiro atoms. The van der Waals surface area contributed by atoms with Crippen LogP contribution in [0.3, 0.4) is 0 Å². The summed E-state index contributed by atoms with van der Waals surface area (Å²) in [6, 6.07) is 9.50. The lowest BCUT2D eigenvalue weighted by molar-refractivity contribution is 0.339. The van der Waals surface area contributed by atoms with E-state index in [0.717, 1.165) is 39.7 Å². The Labute approximate surface area is 289 Å². The van der Waals surface area contributed by atoms with Gasteiger partial charge in [0, 0.05) is 16.3 Å². The number of fused-ring (bicyclic) bond motifs is 3. The quantitative estimate of drug-likeness (QED) is 0.211. The molecule has 1 aromatic heterocycles. The van der Waals surface area contributed by atoms with Gasteiger partial charge >= 0.3 is 8.24 Å². The third-order valence-corrected chi connectivity index (χ3v) is 15.9. The summed E-state index contributed by atoms with van der Waals surface area (Å²) < 4.78 is 20.6. The van der Waals surface area contributed by atoms with Crippen LogP contribution in [-0.2, 0) is 16.2 Å². The van der Waals surface area contributed by atoms with E-state index in [4.69, 9.17) is 12.9 Å². The van der Waals surface area contributed by atoms with Crippen molar-refractivity contribution in [2.45, 2.75) is 174 Å². The molecule has 2 saturated carbocycles. The zero-order chi connectivity index (χ0) is 34.3. The molecule has 47 heavy (non-hydrogen) atoms. The Hall–Kier alpha value is -1.27. The van der Waals surface area contributed by atoms with Gasteiger partial charge in [0.2, 0.25) is 0 Å². The van der Waals surface area contributed by atoms with Crippen molar-refractivity contribution in [3.05, 3.63) is 46.5 Å². The summed E-state index contributed by atoms with van der Waals surface area (Å²) in [5.74, 6) is 0.978. The predicted molar refractivity (Wildman–Crippen MR) is 208 cm³/mol. The topological polar surface area (TPSA) is 35.5 Å². The third kappa shape index (κ3) is 8.73. The predicted octanol–water partition coefficient (Wildman–Crippen LogP) is 14.1. The lowest BCUT2D eigenvalue weighted by atomic mass is 9.78. The molecule has 2 atom stereocenters. The summed E-state index contributed by atoms with van der Waals surface area (Å²) in [4.78, 5) is 0. The first kappa shape index (κ1) is 37.0. The fourth-order valence-electron chi connectivity index (χ4n) is 7.80. The summed E-state index contributed by atoms with van der Waals surface area (Å²) in [5, 5.41) is 2.29. The Morgan fingerprint density at radius 3 is 1.68 bits per heavy atom. The van der Waals surface area contributed by atoms with Crippen LogP contribution >= 0.6 is 16.2 Å². The van der Waals surface area contributed by atoms with E-state index in [1.54, 1.807) is 0 Å². The molecule has 0 saturated heterocycles. The van der Waals surface area contributed by atoms with Gasteiger partial charge in [0.25, 0.3) is 0 Å². The molecule has 2 unspecified atom stereocenters. The highest BCUT2D eigenvalue weighted by Crippen LogP contribution is 2.58. The molecule has 5 rings (SSSR count). The Morgan fingerprint density at radius 2 is 1.19 bits per heavy atom. The Kier molecular flexibility index (Phi) is 11.4. The van der Waals surface area contributed by atoms with Gasteiger partial charge in [0.15, 0.2) is 0 Å². The largest absolute Gasteiger partial charge is 0.399 e. The van der Waals surface area contributed by atoms with Crippen molar-refractivity contribution in [3.63, 3.8) is 0 Å². The maximum atomic E-state index is 6.97. The molecule has 0 amide bonds. The van der Waals surface area contributed by atoms with Gasteiger partial charge in [0.1, 0.15) is 11.2 Å². The smallest absolute Gasteiger partial charge is 0.387 e. The summed E-state index contributed by atoms with van der Waals surface area (Å²) in [6.07, 6.45) is 14.3. The second-order valence-corrected chi connectivity index (χ2v) is 22.4. The molecular formula is C42H66O3P2. The van der Waals surface area contributed by atoms with Crippen molar-refractivity contribution < 1.29 is 12.9 Å². The number of hydrogen-bond donors (Lipinski definition) is 0. The van der Waals surface area contributed by atoms with E-state index in [2.05, 4.69) is 107 Å². The zero-order valence-electron chi connectivity index (χ0n) is 32.0. The fourth-order valence-corrected chi connectivity index (χ4v) is 13.0. The second-order valence-electron chi connectivity index (χ2n) is 18.5. The van der Waals surface area contributed by atoms with E-state index in [0.29, 0.717) is 18.4 Å². The van der Waals surface area contributed by atoms with Crippen LogP contribution in [0, 0.1) is 5.92 Å². The second kappa shape index (κ2) is 14.5. The maximum Gasteiger partial charge on any atom is 0.387 e. The van der Waals surface area contributed by atoms with E-state index >= 15 is 0 Å². The lowest BCUT2D eigenvalue weighted by Gasteiger charge is -2.32. The van der Waals surface area contributed by atoms with Crippen LogP contribution in [0.25, 0.3) is 21.9 Å². The van der Waals surface area contributed by atoms with Gasteiger partial charge in [-0.2, -0.15) is 0 Å². The first-order valence-electron chi connectivity index (χ1n) is 18.9. The minimum atomic E-state index is -1.61. The van der Waals surface area contributed by atoms with E-state index < -0.39 is 8.24 Å². The van der Waals surface area contributed by atoms with Crippen molar-refractivity contribution in [2.24, 2.45) is 5.92 Å². The molecule has 3 aromatic rings. The minimum absolute atomic E-state index is 0.00135. The highest BCUT2D eigenvalue weighted by atomic mass is 31.1. The standard InChI is InChI=1S/C42H66O3P2/c1-28(2)34-23-30(40(4,5)6)24-35-36-25-31(41(7,8)9)26-37(42(10,11)12)39(36)45-47(44-38(34)35)43-22-21-29(3)27-46(32-17-13-14-18-32)33-19-15-16-20-33/h23-26,28-29,32-33H,13-22,27H2,1-12H3. The normalized spacial score (nSPS) is 18.4. The van der Waals surface area contributed by atoms with Gasteiger partial charge in [-0.05, 0) is 106 Å². The van der Waals surface area contributed by atoms with Gasteiger partial charge in [-0.1, -0.05) is 121 Å². The third-order valence-electron chi connectivity index (χ3n) is 10.9. The molecule has 2 aliphatic rings. The summed E-state index contributed by atoms with van der Waals surface area (Å²) in [6.45, 7) is 28.5. The molecule has 5 heteroatoms. The molecule has 2 aromatic carbocycles. The van der Waals surface area contributed by atoms with Gasteiger partial charge < -0.3 is 8.39 Å². The lowest BCUT2D eigenvalue weighted by Crippen LogP contribution is -2.17. The average molecular weight is 681 g/mol. The Balaban J connectivity index is 1.58. The number of hydrogen-bond acceptors (Lipinski definition) is 3. The van der Waals surface area contributed by atoms with Crippen LogP contribution in [0.4, 0.5) is 0 Å². The summed E-state index contributed by atoms with van der Waals surface area (Å²) in [7, 11) is -1.49.